The Morgan fingerprint density at radius 2 is 1.77 bits per heavy atom. The fourth-order valence-electron chi connectivity index (χ4n) is 2.99. The number of amides is 1. The first-order chi connectivity index (χ1) is 10.7. The monoisotopic (exact) mass is 296 g/mol. The van der Waals surface area contributed by atoms with E-state index in [-0.39, 0.29) is 11.5 Å². The molecule has 1 aliphatic heterocycles. The van der Waals surface area contributed by atoms with Gasteiger partial charge in [0.15, 0.2) is 0 Å². The van der Waals surface area contributed by atoms with E-state index in [9.17, 15) is 9.59 Å². The highest BCUT2D eigenvalue weighted by Gasteiger charge is 2.25. The minimum atomic E-state index is 0.0222. The van der Waals surface area contributed by atoms with Crippen LogP contribution >= 0.6 is 0 Å². The van der Waals surface area contributed by atoms with Crippen molar-refractivity contribution in [3.05, 3.63) is 70.6 Å². The summed E-state index contributed by atoms with van der Waals surface area (Å²) in [6, 6.07) is 15.2. The maximum atomic E-state index is 12.1. The van der Waals surface area contributed by atoms with E-state index in [1.54, 1.807) is 16.7 Å². The van der Waals surface area contributed by atoms with Gasteiger partial charge in [0.25, 0.3) is 5.56 Å². The second-order valence-corrected chi connectivity index (χ2v) is 5.86. The number of benzene rings is 1. The summed E-state index contributed by atoms with van der Waals surface area (Å²) in [7, 11) is 0. The molecule has 1 unspecified atom stereocenters. The van der Waals surface area contributed by atoms with Gasteiger partial charge < -0.3 is 9.47 Å². The molecule has 4 heteroatoms. The number of hydrogen-bond acceptors (Lipinski definition) is 2. The number of aromatic nitrogens is 1. The number of likely N-dealkylation sites (tertiary alicyclic amines) is 1. The summed E-state index contributed by atoms with van der Waals surface area (Å²) >= 11 is 0. The van der Waals surface area contributed by atoms with E-state index in [1.807, 2.05) is 47.5 Å². The topological polar surface area (TPSA) is 42.3 Å². The van der Waals surface area contributed by atoms with Crippen molar-refractivity contribution in [2.75, 3.05) is 6.54 Å². The van der Waals surface area contributed by atoms with Crippen molar-refractivity contribution < 1.29 is 4.79 Å². The molecule has 1 aliphatic rings. The van der Waals surface area contributed by atoms with Crippen molar-refractivity contribution in [2.24, 2.45) is 5.92 Å². The highest BCUT2D eigenvalue weighted by Crippen LogP contribution is 2.20. The van der Waals surface area contributed by atoms with Gasteiger partial charge in [0.05, 0.1) is 0 Å². The van der Waals surface area contributed by atoms with Crippen molar-refractivity contribution >= 4 is 5.91 Å². The lowest BCUT2D eigenvalue weighted by Gasteiger charge is -2.33. The van der Waals surface area contributed by atoms with Crippen LogP contribution in [0.3, 0.4) is 0 Å². The molecule has 2 aromatic rings. The molecule has 0 N–H and O–H groups in total. The van der Waals surface area contributed by atoms with E-state index in [0.717, 1.165) is 18.5 Å². The lowest BCUT2D eigenvalue weighted by molar-refractivity contribution is -0.135. The Labute approximate surface area is 130 Å². The zero-order valence-corrected chi connectivity index (χ0v) is 12.5. The molecule has 0 bridgehead atoms. The Hall–Kier alpha value is -2.36. The normalized spacial score (nSPS) is 18.5. The highest BCUT2D eigenvalue weighted by molar-refractivity contribution is 5.76. The zero-order valence-electron chi connectivity index (χ0n) is 12.5. The van der Waals surface area contributed by atoms with Crippen molar-refractivity contribution in [2.45, 2.75) is 25.9 Å². The summed E-state index contributed by atoms with van der Waals surface area (Å²) in [5, 5.41) is 0. The van der Waals surface area contributed by atoms with Gasteiger partial charge in [0.1, 0.15) is 0 Å². The number of pyridine rings is 1. The lowest BCUT2D eigenvalue weighted by Crippen LogP contribution is -2.41. The van der Waals surface area contributed by atoms with E-state index < -0.39 is 0 Å². The first kappa shape index (κ1) is 14.6. The van der Waals surface area contributed by atoms with Gasteiger partial charge >= 0.3 is 0 Å². The van der Waals surface area contributed by atoms with Crippen LogP contribution in [0.5, 0.6) is 0 Å². The lowest BCUT2D eigenvalue weighted by atomic mass is 9.96. The van der Waals surface area contributed by atoms with Crippen LogP contribution in [0.4, 0.5) is 0 Å². The van der Waals surface area contributed by atoms with Crippen LogP contribution in [0, 0.1) is 5.92 Å². The molecule has 0 aliphatic carbocycles. The van der Waals surface area contributed by atoms with E-state index in [0.29, 0.717) is 25.4 Å². The molecular weight excluding hydrogens is 276 g/mol. The fraction of sp³-hybridized carbons (Fsp3) is 0.333. The molecule has 1 fully saturated rings. The molecule has 0 saturated carbocycles. The number of hydrogen-bond donors (Lipinski definition) is 0. The van der Waals surface area contributed by atoms with Crippen LogP contribution in [0.2, 0.25) is 0 Å². The van der Waals surface area contributed by atoms with E-state index in [2.05, 4.69) is 0 Å². The third-order valence-electron chi connectivity index (χ3n) is 4.17. The van der Waals surface area contributed by atoms with Crippen LogP contribution < -0.4 is 5.56 Å². The van der Waals surface area contributed by atoms with Crippen LogP contribution in [-0.2, 0) is 17.9 Å². The molecule has 1 aromatic carbocycles. The van der Waals surface area contributed by atoms with E-state index in [4.69, 9.17) is 0 Å². The van der Waals surface area contributed by atoms with Gasteiger partial charge in [-0.3, -0.25) is 9.59 Å². The summed E-state index contributed by atoms with van der Waals surface area (Å²) in [6.45, 7) is 2.05. The van der Waals surface area contributed by atoms with E-state index in [1.165, 1.54) is 0 Å². The summed E-state index contributed by atoms with van der Waals surface area (Å²) in [6.07, 6.45) is 3.24. The quantitative estimate of drug-likeness (QED) is 0.868. The molecule has 4 nitrogen and oxygen atoms in total. The van der Waals surface area contributed by atoms with E-state index >= 15 is 0 Å². The third-order valence-corrected chi connectivity index (χ3v) is 4.17. The number of nitrogens with zero attached hydrogens (tertiary/aromatic N) is 2. The standard InChI is InChI=1S/C18H20N2O2/c21-17-8-4-5-11-19(17)13-16-9-10-18(22)20(14-16)12-15-6-2-1-3-7-15/h1-8,11,16H,9-10,12-14H2. The molecule has 1 amide bonds. The maximum Gasteiger partial charge on any atom is 0.250 e. The fourth-order valence-corrected chi connectivity index (χ4v) is 2.99. The average Bonchev–Trinajstić information content (AvgIpc) is 2.54. The Balaban J connectivity index is 1.67. The largest absolute Gasteiger partial charge is 0.338 e. The van der Waals surface area contributed by atoms with Crippen LogP contribution in [0.15, 0.2) is 59.5 Å². The van der Waals surface area contributed by atoms with Gasteiger partial charge in [-0.25, -0.2) is 0 Å². The first-order valence-corrected chi connectivity index (χ1v) is 7.69. The molecule has 2 heterocycles. The molecule has 1 atom stereocenters. The first-order valence-electron chi connectivity index (χ1n) is 7.69. The zero-order chi connectivity index (χ0) is 15.4. The van der Waals surface area contributed by atoms with Gasteiger partial charge in [-0.1, -0.05) is 36.4 Å². The van der Waals surface area contributed by atoms with Crippen molar-refractivity contribution in [1.82, 2.24) is 9.47 Å². The van der Waals surface area contributed by atoms with Crippen molar-refractivity contribution in [3.63, 3.8) is 0 Å². The van der Waals surface area contributed by atoms with Gasteiger partial charge in [0, 0.05) is 38.3 Å². The number of carbonyl (C=O) groups excluding carboxylic acids is 1. The maximum absolute atomic E-state index is 12.1. The second kappa shape index (κ2) is 6.60. The Bertz CT molecular complexity index is 693. The minimum Gasteiger partial charge on any atom is -0.338 e. The molecule has 0 radical (unpaired) electrons. The van der Waals surface area contributed by atoms with Crippen LogP contribution in [-0.4, -0.2) is 21.9 Å². The third kappa shape index (κ3) is 3.45. The second-order valence-electron chi connectivity index (χ2n) is 5.86. The summed E-state index contributed by atoms with van der Waals surface area (Å²) in [5.74, 6) is 0.544. The predicted octanol–water partition coefficient (Wildman–Crippen LogP) is 2.29. The van der Waals surface area contributed by atoms with Gasteiger partial charge in [-0.15, -0.1) is 0 Å². The van der Waals surface area contributed by atoms with Gasteiger partial charge in [0.2, 0.25) is 5.91 Å². The molecule has 3 rings (SSSR count). The SMILES string of the molecule is O=C1CCC(Cn2ccccc2=O)CN1Cc1ccccc1. The molecule has 1 saturated heterocycles. The Kier molecular flexibility index (Phi) is 4.37. The molecule has 0 spiro atoms. The molecular formula is C18H20N2O2. The number of piperidine rings is 1. The summed E-state index contributed by atoms with van der Waals surface area (Å²) in [4.78, 5) is 25.8. The molecule has 114 valence electrons. The van der Waals surface area contributed by atoms with Crippen molar-refractivity contribution in [1.29, 1.82) is 0 Å². The Morgan fingerprint density at radius 1 is 1.00 bits per heavy atom. The minimum absolute atomic E-state index is 0.0222. The summed E-state index contributed by atoms with van der Waals surface area (Å²) < 4.78 is 1.74. The predicted molar refractivity (Wildman–Crippen MR) is 85.3 cm³/mol. The average molecular weight is 296 g/mol. The van der Waals surface area contributed by atoms with Gasteiger partial charge in [-0.05, 0) is 24.0 Å². The number of rotatable bonds is 4. The molecule has 1 aromatic heterocycles. The van der Waals surface area contributed by atoms with Crippen LogP contribution in [0.1, 0.15) is 18.4 Å². The summed E-state index contributed by atoms with van der Waals surface area (Å²) in [5.41, 5.74) is 1.17. The Morgan fingerprint density at radius 3 is 2.55 bits per heavy atom. The molecule has 22 heavy (non-hydrogen) atoms. The van der Waals surface area contributed by atoms with Crippen LogP contribution in [0.25, 0.3) is 0 Å². The smallest absolute Gasteiger partial charge is 0.250 e. The number of carbonyl (C=O) groups is 1. The highest BCUT2D eigenvalue weighted by atomic mass is 16.2. The van der Waals surface area contributed by atoms with Crippen molar-refractivity contribution in [3.8, 4) is 0 Å². The van der Waals surface area contributed by atoms with Gasteiger partial charge in [-0.2, -0.15) is 0 Å².